The molecule has 3 aromatic rings. The molecule has 0 saturated carbocycles. The van der Waals surface area contributed by atoms with Gasteiger partial charge in [-0.1, -0.05) is 26.0 Å². The van der Waals surface area contributed by atoms with Gasteiger partial charge in [0.25, 0.3) is 5.91 Å². The number of anilines is 1. The van der Waals surface area contributed by atoms with Gasteiger partial charge in [0.05, 0.1) is 23.8 Å². The normalized spacial score (nSPS) is 19.5. The van der Waals surface area contributed by atoms with E-state index >= 15 is 0 Å². The monoisotopic (exact) mass is 559 g/mol. The number of carbonyl (C=O) groups is 2. The number of hydrogen-bond acceptors (Lipinski definition) is 8. The molecule has 1 N–H and O–H groups in total. The average molecular weight is 560 g/mol. The number of rotatable bonds is 5. The molecule has 2 fully saturated rings. The Balaban J connectivity index is 1.36. The lowest BCUT2D eigenvalue weighted by atomic mass is 9.75. The number of morpholine rings is 1. The summed E-state index contributed by atoms with van der Waals surface area (Å²) in [6, 6.07) is 10.1. The Morgan fingerprint density at radius 1 is 1.10 bits per heavy atom. The van der Waals surface area contributed by atoms with Crippen molar-refractivity contribution in [1.29, 1.82) is 0 Å². The van der Waals surface area contributed by atoms with Crippen LogP contribution in [0.2, 0.25) is 0 Å². The molecule has 0 spiro atoms. The molecule has 210 valence electrons. The van der Waals surface area contributed by atoms with Gasteiger partial charge in [0, 0.05) is 61.5 Å². The van der Waals surface area contributed by atoms with Crippen molar-refractivity contribution < 1.29 is 14.3 Å². The lowest BCUT2D eigenvalue weighted by Gasteiger charge is -2.32. The van der Waals surface area contributed by atoms with Crippen LogP contribution in [0.4, 0.5) is 5.00 Å². The number of thiophene rings is 1. The largest absolute Gasteiger partial charge is 0.378 e. The first kappa shape index (κ1) is 27.1. The van der Waals surface area contributed by atoms with Gasteiger partial charge >= 0.3 is 0 Å². The fourth-order valence-electron chi connectivity index (χ4n) is 6.14. The molecule has 6 rings (SSSR count). The van der Waals surface area contributed by atoms with Crippen LogP contribution >= 0.6 is 11.3 Å². The highest BCUT2D eigenvalue weighted by Crippen LogP contribution is 2.49. The molecule has 0 atom stereocenters. The molecule has 1 aromatic carbocycles. The number of nitrogens with zero attached hydrogens (tertiary/aromatic N) is 4. The maximum atomic E-state index is 13.3. The van der Waals surface area contributed by atoms with Crippen molar-refractivity contribution in [3.8, 4) is 22.6 Å². The molecule has 3 aliphatic rings. The summed E-state index contributed by atoms with van der Waals surface area (Å²) in [5.74, 6) is 0.848. The Bertz CT molecular complexity index is 1420. The highest BCUT2D eigenvalue weighted by atomic mass is 32.1. The van der Waals surface area contributed by atoms with Crippen LogP contribution in [0.25, 0.3) is 22.6 Å². The van der Waals surface area contributed by atoms with E-state index in [4.69, 9.17) is 9.72 Å². The van der Waals surface area contributed by atoms with E-state index in [-0.39, 0.29) is 17.1 Å². The van der Waals surface area contributed by atoms with Gasteiger partial charge < -0.3 is 19.9 Å². The van der Waals surface area contributed by atoms with Gasteiger partial charge in [-0.25, -0.2) is 9.97 Å². The fourth-order valence-corrected chi connectivity index (χ4v) is 7.46. The number of benzene rings is 1. The molecule has 1 amide bonds. The zero-order chi connectivity index (χ0) is 27.9. The maximum absolute atomic E-state index is 13.3. The third-order valence-electron chi connectivity index (χ3n) is 8.30. The van der Waals surface area contributed by atoms with Crippen LogP contribution in [0.3, 0.4) is 0 Å². The van der Waals surface area contributed by atoms with Gasteiger partial charge in [-0.05, 0) is 55.5 Å². The van der Waals surface area contributed by atoms with E-state index < -0.39 is 0 Å². The van der Waals surface area contributed by atoms with E-state index in [9.17, 15) is 9.59 Å². The molecule has 0 radical (unpaired) electrons. The number of hydrogen-bond donors (Lipinski definition) is 1. The van der Waals surface area contributed by atoms with Crippen molar-refractivity contribution in [1.82, 2.24) is 20.2 Å². The molecule has 9 heteroatoms. The minimum Gasteiger partial charge on any atom is -0.378 e. The molecule has 2 aromatic heterocycles. The predicted molar refractivity (Wildman–Crippen MR) is 158 cm³/mol. The molecule has 0 bridgehead atoms. The van der Waals surface area contributed by atoms with Gasteiger partial charge in [-0.3, -0.25) is 9.59 Å². The standard InChI is InChI=1S/C31H37N5O3S/c1-31(2)18-23-26(30(36-13-15-39-16-14-36)40-27(23)25(37)19-31)24-7-10-33-28(34-24)20-5-4-6-21(17-20)29(38)35-11-8-22(32-3)9-12-35/h4-7,10,17,22,32H,8-9,11-16,18-19H2,1-3H3. The molecular formula is C31H37N5O3S. The summed E-state index contributed by atoms with van der Waals surface area (Å²) in [5.41, 5.74) is 4.34. The Hall–Kier alpha value is -3.14. The van der Waals surface area contributed by atoms with Gasteiger partial charge in [0.1, 0.15) is 5.00 Å². The average Bonchev–Trinajstić information content (AvgIpc) is 3.36. The molecule has 40 heavy (non-hydrogen) atoms. The molecule has 8 nitrogen and oxygen atoms in total. The number of carbonyl (C=O) groups excluding carboxylic acids is 2. The number of Topliss-reactive ketones (excluding diaryl/α,β-unsaturated/α-hetero) is 1. The molecular weight excluding hydrogens is 522 g/mol. The number of nitrogens with one attached hydrogen (secondary N) is 1. The van der Waals surface area contributed by atoms with Crippen LogP contribution < -0.4 is 10.2 Å². The third-order valence-corrected chi connectivity index (χ3v) is 9.64. The van der Waals surface area contributed by atoms with Gasteiger partial charge in [0.2, 0.25) is 0 Å². The Morgan fingerprint density at radius 3 is 2.62 bits per heavy atom. The second-order valence-corrected chi connectivity index (χ2v) is 12.8. The van der Waals surface area contributed by atoms with E-state index in [1.807, 2.05) is 42.3 Å². The highest BCUT2D eigenvalue weighted by molar-refractivity contribution is 7.19. The SMILES string of the molecule is CNC1CCN(C(=O)c2cccc(-c3nccc(-c4c(N5CCOCC5)sc5c4CC(C)(C)CC5=O)n3)c2)CC1. The Kier molecular flexibility index (Phi) is 7.46. The zero-order valence-corrected chi connectivity index (χ0v) is 24.4. The van der Waals surface area contributed by atoms with Crippen molar-refractivity contribution in [3.05, 3.63) is 52.5 Å². The molecule has 2 saturated heterocycles. The molecule has 0 unspecified atom stereocenters. The first-order chi connectivity index (χ1) is 19.3. The number of aromatic nitrogens is 2. The number of likely N-dealkylation sites (tertiary alicyclic amines) is 1. The molecule has 1 aliphatic carbocycles. The summed E-state index contributed by atoms with van der Waals surface area (Å²) in [5, 5.41) is 4.41. The van der Waals surface area contributed by atoms with E-state index in [1.165, 1.54) is 0 Å². The summed E-state index contributed by atoms with van der Waals surface area (Å²) < 4.78 is 5.62. The first-order valence-corrected chi connectivity index (χ1v) is 15.1. The van der Waals surface area contributed by atoms with Crippen LogP contribution in [-0.4, -0.2) is 79.0 Å². The van der Waals surface area contributed by atoms with Crippen LogP contribution in [0.5, 0.6) is 0 Å². The third kappa shape index (κ3) is 5.30. The van der Waals surface area contributed by atoms with E-state index in [1.54, 1.807) is 17.5 Å². The van der Waals surface area contributed by atoms with Gasteiger partial charge in [-0.2, -0.15) is 0 Å². The van der Waals surface area contributed by atoms with E-state index in [2.05, 4.69) is 29.0 Å². The molecule has 4 heterocycles. The van der Waals surface area contributed by atoms with Crippen molar-refractivity contribution in [2.45, 2.75) is 45.6 Å². The quantitative estimate of drug-likeness (QED) is 0.485. The number of ether oxygens (including phenoxy) is 1. The number of ketones is 1. The second-order valence-electron chi connectivity index (χ2n) is 11.8. The second kappa shape index (κ2) is 11.0. The smallest absolute Gasteiger partial charge is 0.253 e. The van der Waals surface area contributed by atoms with Crippen LogP contribution in [-0.2, 0) is 11.2 Å². The summed E-state index contributed by atoms with van der Waals surface area (Å²) in [4.78, 5) is 41.4. The van der Waals surface area contributed by atoms with E-state index in [0.29, 0.717) is 37.1 Å². The van der Waals surface area contributed by atoms with Crippen molar-refractivity contribution >= 4 is 28.0 Å². The summed E-state index contributed by atoms with van der Waals surface area (Å²) in [7, 11) is 1.98. The van der Waals surface area contributed by atoms with Gasteiger partial charge in [0.15, 0.2) is 11.6 Å². The van der Waals surface area contributed by atoms with Crippen molar-refractivity contribution in [3.63, 3.8) is 0 Å². The number of piperidine rings is 1. The maximum Gasteiger partial charge on any atom is 0.253 e. The Labute approximate surface area is 239 Å². The number of amides is 1. The molecule has 2 aliphatic heterocycles. The van der Waals surface area contributed by atoms with E-state index in [0.717, 1.165) is 77.7 Å². The van der Waals surface area contributed by atoms with Crippen LogP contribution in [0.15, 0.2) is 36.5 Å². The zero-order valence-electron chi connectivity index (χ0n) is 23.5. The Morgan fingerprint density at radius 2 is 1.88 bits per heavy atom. The minimum absolute atomic E-state index is 0.0507. The topological polar surface area (TPSA) is 87.7 Å². The van der Waals surface area contributed by atoms with Crippen LogP contribution in [0.1, 0.15) is 58.7 Å². The lowest BCUT2D eigenvalue weighted by Crippen LogP contribution is -2.43. The highest BCUT2D eigenvalue weighted by Gasteiger charge is 2.37. The van der Waals surface area contributed by atoms with Gasteiger partial charge in [-0.15, -0.1) is 11.3 Å². The predicted octanol–water partition coefficient (Wildman–Crippen LogP) is 4.69. The summed E-state index contributed by atoms with van der Waals surface area (Å²) >= 11 is 1.60. The lowest BCUT2D eigenvalue weighted by molar-refractivity contribution is 0.0707. The summed E-state index contributed by atoms with van der Waals surface area (Å²) in [6.07, 6.45) is 5.10. The van der Waals surface area contributed by atoms with Crippen molar-refractivity contribution in [2.24, 2.45) is 5.41 Å². The number of fused-ring (bicyclic) bond motifs is 1. The fraction of sp³-hybridized carbons (Fsp3) is 0.484. The van der Waals surface area contributed by atoms with Crippen LogP contribution in [0, 0.1) is 5.41 Å². The first-order valence-electron chi connectivity index (χ1n) is 14.2. The minimum atomic E-state index is -0.103. The van der Waals surface area contributed by atoms with Crippen molar-refractivity contribution in [2.75, 3.05) is 51.3 Å². The summed E-state index contributed by atoms with van der Waals surface area (Å²) in [6.45, 7) is 8.76.